The third-order valence-electron chi connectivity index (χ3n) is 4.75. The van der Waals surface area contributed by atoms with Gasteiger partial charge in [0.2, 0.25) is 10.0 Å². The van der Waals surface area contributed by atoms with Crippen LogP contribution in [0.4, 0.5) is 10.1 Å². The molecule has 0 saturated carbocycles. The Labute approximate surface area is 176 Å². The molecule has 29 heavy (non-hydrogen) atoms. The number of rotatable bonds is 4. The van der Waals surface area contributed by atoms with Crippen molar-refractivity contribution < 1.29 is 12.8 Å². The predicted molar refractivity (Wildman–Crippen MR) is 115 cm³/mol. The van der Waals surface area contributed by atoms with Crippen LogP contribution < -0.4 is 10.1 Å². The topological polar surface area (TPSA) is 75.8 Å². The lowest BCUT2D eigenvalue weighted by Crippen LogP contribution is -2.19. The lowest BCUT2D eigenvalue weighted by Gasteiger charge is -2.24. The zero-order chi connectivity index (χ0) is 20.6. The van der Waals surface area contributed by atoms with Gasteiger partial charge in [0.25, 0.3) is 0 Å². The second-order valence-electron chi connectivity index (χ2n) is 6.71. The molecule has 0 saturated heterocycles. The molecule has 3 aromatic rings. The van der Waals surface area contributed by atoms with Crippen LogP contribution in [0.15, 0.2) is 87.3 Å². The number of primary sulfonamides is 1. The Bertz CT molecular complexity index is 1180. The number of hydrogen-bond donors (Lipinski definition) is 1. The molecule has 1 aliphatic rings. The van der Waals surface area contributed by atoms with Gasteiger partial charge in [-0.05, 0) is 59.7 Å². The summed E-state index contributed by atoms with van der Waals surface area (Å²) in [5.41, 5.74) is 3.32. The summed E-state index contributed by atoms with van der Waals surface area (Å²) < 4.78 is 37.9. The molecular weight excluding hydrogens is 457 g/mol. The van der Waals surface area contributed by atoms with Crippen LogP contribution in [0.3, 0.4) is 0 Å². The SMILES string of the molecule is NS(=O)(=O)c1ccc(N2N=C(c3ccc(Br)cc3)CC2c2cccc(F)c2)cc1. The highest BCUT2D eigenvalue weighted by atomic mass is 79.9. The van der Waals surface area contributed by atoms with Crippen LogP contribution in [0.5, 0.6) is 0 Å². The quantitative estimate of drug-likeness (QED) is 0.601. The van der Waals surface area contributed by atoms with E-state index in [2.05, 4.69) is 15.9 Å². The van der Waals surface area contributed by atoms with E-state index in [1.807, 2.05) is 30.3 Å². The number of hydrazone groups is 1. The molecule has 0 spiro atoms. The van der Waals surface area contributed by atoms with E-state index in [9.17, 15) is 12.8 Å². The highest BCUT2D eigenvalue weighted by Gasteiger charge is 2.30. The molecule has 1 unspecified atom stereocenters. The molecule has 0 radical (unpaired) electrons. The summed E-state index contributed by atoms with van der Waals surface area (Å²) in [4.78, 5) is 0.0277. The molecule has 0 aliphatic carbocycles. The molecule has 4 rings (SSSR count). The smallest absolute Gasteiger partial charge is 0.238 e. The van der Waals surface area contributed by atoms with E-state index in [4.69, 9.17) is 10.2 Å². The van der Waals surface area contributed by atoms with Crippen molar-refractivity contribution in [1.82, 2.24) is 0 Å². The average molecular weight is 474 g/mol. The Kier molecular flexibility index (Phi) is 5.24. The first-order valence-electron chi connectivity index (χ1n) is 8.82. The highest BCUT2D eigenvalue weighted by molar-refractivity contribution is 9.10. The van der Waals surface area contributed by atoms with Gasteiger partial charge in [-0.15, -0.1) is 0 Å². The summed E-state index contributed by atoms with van der Waals surface area (Å²) in [5.74, 6) is -0.316. The van der Waals surface area contributed by atoms with Crippen LogP contribution in [0.25, 0.3) is 0 Å². The summed E-state index contributed by atoms with van der Waals surface area (Å²) in [6, 6.07) is 20.2. The van der Waals surface area contributed by atoms with E-state index < -0.39 is 10.0 Å². The van der Waals surface area contributed by atoms with Crippen molar-refractivity contribution in [2.75, 3.05) is 5.01 Å². The first kappa shape index (κ1) is 19.8. The second-order valence-corrected chi connectivity index (χ2v) is 9.19. The first-order valence-corrected chi connectivity index (χ1v) is 11.2. The molecular formula is C21H17BrFN3O2S. The number of nitrogens with zero attached hydrogens (tertiary/aromatic N) is 2. The van der Waals surface area contributed by atoms with E-state index in [-0.39, 0.29) is 16.8 Å². The van der Waals surface area contributed by atoms with E-state index in [1.54, 1.807) is 23.2 Å². The maximum atomic E-state index is 13.9. The zero-order valence-electron chi connectivity index (χ0n) is 15.2. The van der Waals surface area contributed by atoms with Gasteiger partial charge in [-0.1, -0.05) is 40.2 Å². The third kappa shape index (κ3) is 4.24. The number of nitrogens with two attached hydrogens (primary N) is 1. The fraction of sp³-hybridized carbons (Fsp3) is 0.0952. The Morgan fingerprint density at radius 3 is 2.34 bits per heavy atom. The van der Waals surface area contributed by atoms with E-state index in [1.165, 1.54) is 24.3 Å². The van der Waals surface area contributed by atoms with Crippen LogP contribution >= 0.6 is 15.9 Å². The van der Waals surface area contributed by atoms with Crippen molar-refractivity contribution in [2.45, 2.75) is 17.4 Å². The van der Waals surface area contributed by atoms with Crippen LogP contribution in [0.2, 0.25) is 0 Å². The molecule has 5 nitrogen and oxygen atoms in total. The fourth-order valence-corrected chi connectivity index (χ4v) is 4.11. The molecule has 0 amide bonds. The van der Waals surface area contributed by atoms with E-state index in [0.29, 0.717) is 12.1 Å². The van der Waals surface area contributed by atoms with Crippen LogP contribution in [0, 0.1) is 5.82 Å². The average Bonchev–Trinajstić information content (AvgIpc) is 3.13. The molecule has 0 aromatic heterocycles. The minimum Gasteiger partial charge on any atom is -0.257 e. The Balaban J connectivity index is 1.75. The maximum Gasteiger partial charge on any atom is 0.238 e. The minimum atomic E-state index is -3.78. The molecule has 8 heteroatoms. The molecule has 148 valence electrons. The molecule has 3 aromatic carbocycles. The summed E-state index contributed by atoms with van der Waals surface area (Å²) in [6.45, 7) is 0. The van der Waals surface area contributed by atoms with Gasteiger partial charge in [0.05, 0.1) is 22.3 Å². The Hall–Kier alpha value is -2.55. The van der Waals surface area contributed by atoms with Gasteiger partial charge in [0.1, 0.15) is 5.82 Å². The van der Waals surface area contributed by atoms with Crippen molar-refractivity contribution in [3.63, 3.8) is 0 Å². The minimum absolute atomic E-state index is 0.0277. The van der Waals surface area contributed by atoms with Gasteiger partial charge in [-0.3, -0.25) is 5.01 Å². The number of benzene rings is 3. The molecule has 1 aliphatic heterocycles. The summed E-state index contributed by atoms with van der Waals surface area (Å²) in [6.07, 6.45) is 0.585. The molecule has 1 heterocycles. The summed E-state index contributed by atoms with van der Waals surface area (Å²) in [7, 11) is -3.78. The van der Waals surface area contributed by atoms with Gasteiger partial charge in [-0.25, -0.2) is 17.9 Å². The van der Waals surface area contributed by atoms with Gasteiger partial charge in [0.15, 0.2) is 0 Å². The standard InChI is InChI=1S/C21H17BrFN3O2S/c22-16-6-4-14(5-7-16)20-13-21(15-2-1-3-17(23)12-15)26(25-20)18-8-10-19(11-9-18)29(24,27)28/h1-12,21H,13H2,(H2,24,27,28). The molecule has 0 fully saturated rings. The van der Waals surface area contributed by atoms with Crippen LogP contribution in [0.1, 0.15) is 23.6 Å². The van der Waals surface area contributed by atoms with E-state index in [0.717, 1.165) is 21.3 Å². The largest absolute Gasteiger partial charge is 0.257 e. The summed E-state index contributed by atoms with van der Waals surface area (Å²) >= 11 is 3.43. The summed E-state index contributed by atoms with van der Waals surface area (Å²) in [5, 5.41) is 11.8. The Morgan fingerprint density at radius 2 is 1.72 bits per heavy atom. The highest BCUT2D eigenvalue weighted by Crippen LogP contribution is 2.37. The van der Waals surface area contributed by atoms with Crippen LogP contribution in [-0.2, 0) is 10.0 Å². The zero-order valence-corrected chi connectivity index (χ0v) is 17.6. The van der Waals surface area contributed by atoms with Gasteiger partial charge in [0, 0.05) is 10.9 Å². The van der Waals surface area contributed by atoms with Crippen molar-refractivity contribution in [3.8, 4) is 0 Å². The number of anilines is 1. The number of hydrogen-bond acceptors (Lipinski definition) is 4. The molecule has 0 bridgehead atoms. The monoisotopic (exact) mass is 473 g/mol. The number of halogens is 2. The fourth-order valence-electron chi connectivity index (χ4n) is 3.33. The molecule has 1 atom stereocenters. The van der Waals surface area contributed by atoms with Gasteiger partial charge < -0.3 is 0 Å². The van der Waals surface area contributed by atoms with E-state index >= 15 is 0 Å². The second kappa shape index (κ2) is 7.70. The third-order valence-corrected chi connectivity index (χ3v) is 6.21. The van der Waals surface area contributed by atoms with Gasteiger partial charge in [-0.2, -0.15) is 5.10 Å². The van der Waals surface area contributed by atoms with Crippen molar-refractivity contribution in [2.24, 2.45) is 10.2 Å². The van der Waals surface area contributed by atoms with Crippen molar-refractivity contribution in [3.05, 3.63) is 94.2 Å². The Morgan fingerprint density at radius 1 is 1.03 bits per heavy atom. The van der Waals surface area contributed by atoms with Crippen LogP contribution in [-0.4, -0.2) is 14.1 Å². The van der Waals surface area contributed by atoms with Crippen molar-refractivity contribution >= 4 is 37.4 Å². The predicted octanol–water partition coefficient (Wildman–Crippen LogP) is 4.59. The van der Waals surface area contributed by atoms with Gasteiger partial charge >= 0.3 is 0 Å². The number of sulfonamides is 1. The normalized spacial score (nSPS) is 16.7. The van der Waals surface area contributed by atoms with Crippen molar-refractivity contribution in [1.29, 1.82) is 0 Å². The maximum absolute atomic E-state index is 13.9. The lowest BCUT2D eigenvalue weighted by molar-refractivity contribution is 0.597. The lowest BCUT2D eigenvalue weighted by atomic mass is 9.98. The first-order chi connectivity index (χ1) is 13.8. The molecule has 2 N–H and O–H groups in total.